The number of fused-ring (bicyclic) bond motifs is 1. The zero-order valence-corrected chi connectivity index (χ0v) is 23.7. The number of hydrogen-bond acceptors (Lipinski definition) is 8. The summed E-state index contributed by atoms with van der Waals surface area (Å²) < 4.78 is 46.5. The average molecular weight is 587 g/mol. The summed E-state index contributed by atoms with van der Waals surface area (Å²) in [5.41, 5.74) is 2.62. The third-order valence-electron chi connectivity index (χ3n) is 6.55. The van der Waals surface area contributed by atoms with Gasteiger partial charge in [0.25, 0.3) is 0 Å². The molecule has 1 unspecified atom stereocenters. The largest absolute Gasteiger partial charge is 0.437 e. The lowest BCUT2D eigenvalue weighted by molar-refractivity contribution is 0.466. The number of nitrogens with one attached hydrogen (secondary N) is 3. The van der Waals surface area contributed by atoms with E-state index in [2.05, 4.69) is 25.3 Å². The maximum atomic E-state index is 12.6. The summed E-state index contributed by atoms with van der Waals surface area (Å²) in [6.07, 6.45) is 5.45. The lowest BCUT2D eigenvalue weighted by Crippen LogP contribution is -2.38. The molecule has 0 radical (unpaired) electrons. The summed E-state index contributed by atoms with van der Waals surface area (Å²) >= 11 is 0. The van der Waals surface area contributed by atoms with E-state index in [0.29, 0.717) is 45.3 Å². The molecule has 1 fully saturated rings. The first kappa shape index (κ1) is 29.4. The van der Waals surface area contributed by atoms with E-state index in [1.165, 1.54) is 0 Å². The van der Waals surface area contributed by atoms with Crippen molar-refractivity contribution in [1.29, 1.82) is 0 Å². The summed E-state index contributed by atoms with van der Waals surface area (Å²) in [5.74, 6) is 1.17. The first-order valence-corrected chi connectivity index (χ1v) is 14.6. The van der Waals surface area contributed by atoms with Crippen molar-refractivity contribution in [1.82, 2.24) is 20.3 Å². The molecule has 1 atom stereocenters. The van der Waals surface area contributed by atoms with Crippen molar-refractivity contribution in [3.8, 4) is 22.9 Å². The van der Waals surface area contributed by atoms with Gasteiger partial charge in [-0.25, -0.2) is 23.4 Å². The molecule has 40 heavy (non-hydrogen) atoms. The number of piperidine rings is 1. The predicted molar refractivity (Wildman–Crippen MR) is 159 cm³/mol. The number of halogens is 2. The molecule has 212 valence electrons. The zero-order chi connectivity index (χ0) is 27.2. The van der Waals surface area contributed by atoms with Crippen LogP contribution < -0.4 is 20.1 Å². The highest BCUT2D eigenvalue weighted by molar-refractivity contribution is 7.92. The van der Waals surface area contributed by atoms with Gasteiger partial charge in [0.1, 0.15) is 5.75 Å². The van der Waals surface area contributed by atoms with Crippen molar-refractivity contribution in [2.24, 2.45) is 0 Å². The van der Waals surface area contributed by atoms with Crippen molar-refractivity contribution in [3.05, 3.63) is 66.5 Å². The number of alkyl halides is 1. The summed E-state index contributed by atoms with van der Waals surface area (Å²) in [6, 6.07) is 14.8. The summed E-state index contributed by atoms with van der Waals surface area (Å²) in [4.78, 5) is 13.6. The number of pyridine rings is 1. The van der Waals surface area contributed by atoms with E-state index < -0.39 is 16.7 Å². The van der Waals surface area contributed by atoms with Gasteiger partial charge in [0, 0.05) is 35.8 Å². The van der Waals surface area contributed by atoms with Gasteiger partial charge in [0.05, 0.1) is 29.4 Å². The molecule has 3 heterocycles. The Morgan fingerprint density at radius 3 is 2.75 bits per heavy atom. The SMILES string of the molecule is Cc1ccc2c(NS(=O)(=O)CCCF)cccc2c1Oc1ncccc1-c1ccnc(NC2CCCNC2)n1.Cl. The minimum absolute atomic E-state index is 0. The molecule has 0 saturated carbocycles. The van der Waals surface area contributed by atoms with Crippen molar-refractivity contribution in [2.45, 2.75) is 32.2 Å². The van der Waals surface area contributed by atoms with Gasteiger partial charge in [-0.3, -0.25) is 9.11 Å². The first-order chi connectivity index (χ1) is 18.9. The molecule has 1 saturated heterocycles. The minimum Gasteiger partial charge on any atom is -0.437 e. The monoisotopic (exact) mass is 586 g/mol. The number of hydrogen-bond donors (Lipinski definition) is 3. The maximum Gasteiger partial charge on any atom is 0.232 e. The normalized spacial score (nSPS) is 15.3. The average Bonchev–Trinajstić information content (AvgIpc) is 2.94. The van der Waals surface area contributed by atoms with Gasteiger partial charge in [-0.05, 0) is 62.6 Å². The molecule has 0 bridgehead atoms. The standard InChI is InChI=1S/C28H31FN6O3S.ClH/c1-19-10-11-21-22(7-2-9-25(21)35-39(36,37)17-5-13-29)26(19)38-27-23(8-4-15-31-27)24-12-16-32-28(34-24)33-20-6-3-14-30-18-20;/h2,4,7-12,15-16,20,30,35H,3,5-6,13-14,17-18H2,1H3,(H,32,33,34);1H. The van der Waals surface area contributed by atoms with Gasteiger partial charge in [0.2, 0.25) is 21.9 Å². The Bertz CT molecular complexity index is 1570. The Morgan fingerprint density at radius 1 is 1.07 bits per heavy atom. The number of aromatic nitrogens is 3. The highest BCUT2D eigenvalue weighted by atomic mass is 35.5. The molecule has 2 aromatic carbocycles. The summed E-state index contributed by atoms with van der Waals surface area (Å²) in [5, 5.41) is 8.17. The molecule has 4 aromatic rings. The van der Waals surface area contributed by atoms with Crippen LogP contribution in [-0.2, 0) is 10.0 Å². The van der Waals surface area contributed by atoms with Crippen LogP contribution in [0.2, 0.25) is 0 Å². The van der Waals surface area contributed by atoms with Crippen LogP contribution in [0.3, 0.4) is 0 Å². The van der Waals surface area contributed by atoms with Crippen molar-refractivity contribution in [2.75, 3.05) is 35.6 Å². The van der Waals surface area contributed by atoms with Crippen LogP contribution in [-0.4, -0.2) is 54.9 Å². The lowest BCUT2D eigenvalue weighted by atomic mass is 10.0. The van der Waals surface area contributed by atoms with Crippen molar-refractivity contribution < 1.29 is 17.5 Å². The van der Waals surface area contributed by atoms with Gasteiger partial charge in [-0.1, -0.05) is 24.3 Å². The van der Waals surface area contributed by atoms with Crippen LogP contribution in [0.25, 0.3) is 22.0 Å². The number of ether oxygens (including phenoxy) is 1. The van der Waals surface area contributed by atoms with Gasteiger partial charge >= 0.3 is 0 Å². The second kappa shape index (κ2) is 13.2. The third-order valence-corrected chi connectivity index (χ3v) is 7.91. The Labute approximate surface area is 239 Å². The number of benzene rings is 2. The molecule has 0 spiro atoms. The maximum absolute atomic E-state index is 12.6. The second-order valence-electron chi connectivity index (χ2n) is 9.49. The fraction of sp³-hybridized carbons (Fsp3) is 0.321. The van der Waals surface area contributed by atoms with Crippen LogP contribution in [0.4, 0.5) is 16.0 Å². The molecule has 3 N–H and O–H groups in total. The van der Waals surface area contributed by atoms with E-state index in [9.17, 15) is 12.8 Å². The Hall–Kier alpha value is -3.54. The van der Waals surface area contributed by atoms with Gasteiger partial charge in [-0.15, -0.1) is 12.4 Å². The molecule has 0 aliphatic carbocycles. The van der Waals surface area contributed by atoms with Crippen molar-refractivity contribution >= 4 is 44.8 Å². The van der Waals surface area contributed by atoms with E-state index in [1.807, 2.05) is 43.3 Å². The van der Waals surface area contributed by atoms with E-state index in [4.69, 9.17) is 9.72 Å². The Morgan fingerprint density at radius 2 is 1.95 bits per heavy atom. The van der Waals surface area contributed by atoms with E-state index in [0.717, 1.165) is 31.5 Å². The smallest absolute Gasteiger partial charge is 0.232 e. The first-order valence-electron chi connectivity index (χ1n) is 13.0. The number of rotatable bonds is 10. The molecule has 1 aliphatic heterocycles. The van der Waals surface area contributed by atoms with Crippen LogP contribution >= 0.6 is 12.4 Å². The van der Waals surface area contributed by atoms with Gasteiger partial charge in [0.15, 0.2) is 0 Å². The van der Waals surface area contributed by atoms with Crippen molar-refractivity contribution in [3.63, 3.8) is 0 Å². The number of anilines is 2. The number of aryl methyl sites for hydroxylation is 1. The molecule has 2 aromatic heterocycles. The van der Waals surface area contributed by atoms with Crippen LogP contribution in [0, 0.1) is 6.92 Å². The van der Waals surface area contributed by atoms with E-state index in [-0.39, 0.29) is 30.6 Å². The Kier molecular flexibility index (Phi) is 9.72. The molecule has 9 nitrogen and oxygen atoms in total. The van der Waals surface area contributed by atoms with Gasteiger partial charge in [-0.2, -0.15) is 0 Å². The zero-order valence-electron chi connectivity index (χ0n) is 22.1. The topological polar surface area (TPSA) is 118 Å². The summed E-state index contributed by atoms with van der Waals surface area (Å²) in [6.45, 7) is 3.11. The molecular formula is C28H32ClFN6O3S. The van der Waals surface area contributed by atoms with Crippen LogP contribution in [0.1, 0.15) is 24.8 Å². The highest BCUT2D eigenvalue weighted by Crippen LogP contribution is 2.38. The Balaban J connectivity index is 0.00000370. The summed E-state index contributed by atoms with van der Waals surface area (Å²) in [7, 11) is -3.70. The van der Waals surface area contributed by atoms with Crippen LogP contribution in [0.15, 0.2) is 60.9 Å². The van der Waals surface area contributed by atoms with Crippen LogP contribution in [0.5, 0.6) is 11.6 Å². The molecule has 12 heteroatoms. The highest BCUT2D eigenvalue weighted by Gasteiger charge is 2.18. The quantitative estimate of drug-likeness (QED) is 0.224. The molecular weight excluding hydrogens is 555 g/mol. The molecule has 5 rings (SSSR count). The molecule has 0 amide bonds. The lowest BCUT2D eigenvalue weighted by Gasteiger charge is -2.23. The molecule has 1 aliphatic rings. The fourth-order valence-corrected chi connectivity index (χ4v) is 5.73. The second-order valence-corrected chi connectivity index (χ2v) is 11.3. The predicted octanol–water partition coefficient (Wildman–Crippen LogP) is 5.48. The minimum atomic E-state index is -3.70. The third kappa shape index (κ3) is 6.96. The number of sulfonamides is 1. The van der Waals surface area contributed by atoms with E-state index in [1.54, 1.807) is 24.5 Å². The van der Waals surface area contributed by atoms with E-state index >= 15 is 0 Å². The number of nitrogens with zero attached hydrogens (tertiary/aromatic N) is 3. The fourth-order valence-electron chi connectivity index (χ4n) is 4.63. The van der Waals surface area contributed by atoms with Gasteiger partial charge < -0.3 is 15.4 Å².